The Morgan fingerprint density at radius 3 is 2.82 bits per heavy atom. The van der Waals surface area contributed by atoms with E-state index in [1.807, 2.05) is 12.4 Å². The third-order valence-corrected chi connectivity index (χ3v) is 1.84. The molecule has 1 nitrogen and oxygen atoms in total. The maximum atomic E-state index is 4.20. The first-order valence-electron chi connectivity index (χ1n) is 4.09. The molecule has 0 aromatic heterocycles. The van der Waals surface area contributed by atoms with Gasteiger partial charge in [0.25, 0.3) is 0 Å². The van der Waals surface area contributed by atoms with E-state index in [0.29, 0.717) is 5.92 Å². The van der Waals surface area contributed by atoms with Gasteiger partial charge < -0.3 is 0 Å². The fourth-order valence-electron chi connectivity index (χ4n) is 1.02. The van der Waals surface area contributed by atoms with Gasteiger partial charge in [-0.05, 0) is 24.8 Å². The van der Waals surface area contributed by atoms with Crippen LogP contribution in [0.15, 0.2) is 28.4 Å². The molecule has 0 aromatic rings. The highest BCUT2D eigenvalue weighted by molar-refractivity contribution is 5.80. The summed E-state index contributed by atoms with van der Waals surface area (Å²) in [6.07, 6.45) is 7.20. The van der Waals surface area contributed by atoms with Crippen LogP contribution in [0.2, 0.25) is 0 Å². The van der Waals surface area contributed by atoms with Crippen LogP contribution in [0.4, 0.5) is 0 Å². The minimum Gasteiger partial charge on any atom is -0.264 e. The number of nitrogens with zero attached hydrogens (tertiary/aromatic N) is 1. The highest BCUT2D eigenvalue weighted by atomic mass is 14.7. The molecule has 11 heavy (non-hydrogen) atoms. The zero-order valence-corrected chi connectivity index (χ0v) is 7.46. The first kappa shape index (κ1) is 8.25. The van der Waals surface area contributed by atoms with Crippen LogP contribution in [-0.4, -0.2) is 6.21 Å². The van der Waals surface area contributed by atoms with Crippen LogP contribution in [-0.2, 0) is 0 Å². The van der Waals surface area contributed by atoms with E-state index in [1.54, 1.807) is 0 Å². The van der Waals surface area contributed by atoms with Gasteiger partial charge in [0.1, 0.15) is 0 Å². The summed E-state index contributed by atoms with van der Waals surface area (Å²) in [5, 5.41) is 0. The Kier molecular flexibility index (Phi) is 2.64. The van der Waals surface area contributed by atoms with E-state index in [9.17, 15) is 0 Å². The summed E-state index contributed by atoms with van der Waals surface area (Å²) >= 11 is 0. The molecule has 1 aliphatic heterocycles. The zero-order valence-electron chi connectivity index (χ0n) is 7.46. The Hall–Kier alpha value is -0.850. The Labute approximate surface area is 68.5 Å². The molecule has 1 rings (SSSR count). The monoisotopic (exact) mass is 149 g/mol. The summed E-state index contributed by atoms with van der Waals surface area (Å²) in [5.41, 5.74) is 2.68. The Morgan fingerprint density at radius 1 is 1.45 bits per heavy atom. The second kappa shape index (κ2) is 3.51. The minimum atomic E-state index is 0.595. The van der Waals surface area contributed by atoms with Crippen LogP contribution in [0, 0.1) is 5.92 Å². The summed E-state index contributed by atoms with van der Waals surface area (Å²) in [6.45, 7) is 6.49. The van der Waals surface area contributed by atoms with Crippen molar-refractivity contribution in [3.8, 4) is 0 Å². The third-order valence-electron chi connectivity index (χ3n) is 1.84. The van der Waals surface area contributed by atoms with Crippen LogP contribution >= 0.6 is 0 Å². The molecular formula is C10H15N. The summed E-state index contributed by atoms with van der Waals surface area (Å²) < 4.78 is 0. The SMILES string of the molecule is CC1=CN=CC(C(C)C)=CC1. The van der Waals surface area contributed by atoms with Crippen molar-refractivity contribution < 1.29 is 0 Å². The molecule has 0 fully saturated rings. The van der Waals surface area contributed by atoms with Crippen molar-refractivity contribution >= 4 is 6.21 Å². The lowest BCUT2D eigenvalue weighted by Gasteiger charge is -2.02. The zero-order chi connectivity index (χ0) is 8.27. The van der Waals surface area contributed by atoms with Crippen LogP contribution in [0.25, 0.3) is 0 Å². The van der Waals surface area contributed by atoms with Crippen molar-refractivity contribution in [1.82, 2.24) is 0 Å². The summed E-state index contributed by atoms with van der Waals surface area (Å²) in [4.78, 5) is 4.20. The number of hydrogen-bond donors (Lipinski definition) is 0. The van der Waals surface area contributed by atoms with E-state index < -0.39 is 0 Å². The quantitative estimate of drug-likeness (QED) is 0.543. The maximum absolute atomic E-state index is 4.20. The highest BCUT2D eigenvalue weighted by Gasteiger charge is 2.01. The molecule has 60 valence electrons. The topological polar surface area (TPSA) is 12.4 Å². The van der Waals surface area contributed by atoms with Crippen molar-refractivity contribution in [3.63, 3.8) is 0 Å². The normalized spacial score (nSPS) is 17.8. The first-order chi connectivity index (χ1) is 5.20. The number of rotatable bonds is 1. The van der Waals surface area contributed by atoms with E-state index in [4.69, 9.17) is 0 Å². The van der Waals surface area contributed by atoms with E-state index in [0.717, 1.165) is 6.42 Å². The second-order valence-corrected chi connectivity index (χ2v) is 3.32. The lowest BCUT2D eigenvalue weighted by atomic mass is 10.0. The molecule has 0 aliphatic carbocycles. The standard InChI is InChI=1S/C10H15N/c1-8(2)10-5-4-9(3)6-11-7-10/h5-8H,4H2,1-3H3. The number of allylic oxidation sites excluding steroid dienone is 3. The van der Waals surface area contributed by atoms with Gasteiger partial charge in [0.15, 0.2) is 0 Å². The van der Waals surface area contributed by atoms with Crippen molar-refractivity contribution in [2.75, 3.05) is 0 Å². The molecule has 0 saturated carbocycles. The minimum absolute atomic E-state index is 0.595. The molecule has 0 aromatic carbocycles. The van der Waals surface area contributed by atoms with Gasteiger partial charge in [-0.1, -0.05) is 25.5 Å². The average molecular weight is 149 g/mol. The molecule has 0 amide bonds. The molecule has 0 saturated heterocycles. The van der Waals surface area contributed by atoms with Crippen molar-refractivity contribution in [2.24, 2.45) is 10.9 Å². The first-order valence-corrected chi connectivity index (χ1v) is 4.09. The van der Waals surface area contributed by atoms with Crippen LogP contribution in [0.5, 0.6) is 0 Å². The predicted molar refractivity (Wildman–Crippen MR) is 49.8 cm³/mol. The Morgan fingerprint density at radius 2 is 2.18 bits per heavy atom. The van der Waals surface area contributed by atoms with E-state index >= 15 is 0 Å². The average Bonchev–Trinajstić information content (AvgIpc) is 2.13. The smallest absolute Gasteiger partial charge is 0.0299 e. The van der Waals surface area contributed by atoms with Crippen LogP contribution in [0.1, 0.15) is 27.2 Å². The number of hydrogen-bond acceptors (Lipinski definition) is 1. The lowest BCUT2D eigenvalue weighted by Crippen LogP contribution is -1.94. The van der Waals surface area contributed by atoms with Gasteiger partial charge in [-0.3, -0.25) is 4.99 Å². The van der Waals surface area contributed by atoms with E-state index in [-0.39, 0.29) is 0 Å². The molecule has 0 bridgehead atoms. The summed E-state index contributed by atoms with van der Waals surface area (Å²) in [7, 11) is 0. The van der Waals surface area contributed by atoms with Crippen LogP contribution in [0.3, 0.4) is 0 Å². The predicted octanol–water partition coefficient (Wildman–Crippen LogP) is 2.95. The molecule has 0 radical (unpaired) electrons. The summed E-state index contributed by atoms with van der Waals surface area (Å²) in [5.74, 6) is 0.595. The van der Waals surface area contributed by atoms with Gasteiger partial charge in [0.2, 0.25) is 0 Å². The number of aliphatic imine (C=N–C) groups is 1. The lowest BCUT2D eigenvalue weighted by molar-refractivity contribution is 0.802. The molecule has 0 unspecified atom stereocenters. The Bertz CT molecular complexity index is 219. The molecular weight excluding hydrogens is 134 g/mol. The van der Waals surface area contributed by atoms with Gasteiger partial charge in [-0.15, -0.1) is 0 Å². The maximum Gasteiger partial charge on any atom is 0.0299 e. The van der Waals surface area contributed by atoms with Gasteiger partial charge in [0, 0.05) is 12.4 Å². The Balaban J connectivity index is 2.74. The van der Waals surface area contributed by atoms with E-state index in [1.165, 1.54) is 11.1 Å². The van der Waals surface area contributed by atoms with Crippen molar-refractivity contribution in [2.45, 2.75) is 27.2 Å². The molecule has 0 N–H and O–H groups in total. The second-order valence-electron chi connectivity index (χ2n) is 3.32. The van der Waals surface area contributed by atoms with Crippen molar-refractivity contribution in [3.05, 3.63) is 23.4 Å². The molecule has 1 aliphatic rings. The van der Waals surface area contributed by atoms with Gasteiger partial charge in [-0.2, -0.15) is 0 Å². The largest absolute Gasteiger partial charge is 0.264 e. The fourth-order valence-corrected chi connectivity index (χ4v) is 1.02. The summed E-state index contributed by atoms with van der Waals surface area (Å²) in [6, 6.07) is 0. The molecule has 1 heterocycles. The molecule has 1 heteroatoms. The highest BCUT2D eigenvalue weighted by Crippen LogP contribution is 2.13. The molecule has 0 spiro atoms. The van der Waals surface area contributed by atoms with E-state index in [2.05, 4.69) is 31.8 Å². The van der Waals surface area contributed by atoms with Gasteiger partial charge >= 0.3 is 0 Å². The van der Waals surface area contributed by atoms with Crippen LogP contribution < -0.4 is 0 Å². The van der Waals surface area contributed by atoms with Crippen molar-refractivity contribution in [1.29, 1.82) is 0 Å². The molecule has 0 atom stereocenters. The third kappa shape index (κ3) is 2.34. The van der Waals surface area contributed by atoms with Gasteiger partial charge in [-0.25, -0.2) is 0 Å². The van der Waals surface area contributed by atoms with Gasteiger partial charge in [0.05, 0.1) is 0 Å². The fraction of sp³-hybridized carbons (Fsp3) is 0.500.